The standard InChI is InChI=1S/C23H23N5O3S/c1-14-10-18(12-19(25-14)15(2)29)21-20(17-5-3-4-16(11-17)13-24)26-22(32-21)27-23(30)28-6-8-31-9-7-28/h3-5,10-12,15,29H,6-9H2,1-2H3,(H,26,27,30)/t15-/m0/s1. The van der Waals surface area contributed by atoms with Crippen LogP contribution in [0.15, 0.2) is 36.4 Å². The molecule has 164 valence electrons. The molecule has 1 saturated heterocycles. The van der Waals surface area contributed by atoms with Crippen LogP contribution >= 0.6 is 11.3 Å². The Labute approximate surface area is 190 Å². The number of hydrogen-bond donors (Lipinski definition) is 2. The second-order valence-corrected chi connectivity index (χ2v) is 8.52. The molecular weight excluding hydrogens is 426 g/mol. The number of aromatic nitrogens is 2. The van der Waals surface area contributed by atoms with E-state index in [0.717, 1.165) is 21.7 Å². The molecule has 4 rings (SSSR count). The maximum Gasteiger partial charge on any atom is 0.323 e. The molecule has 1 aliphatic rings. The van der Waals surface area contributed by atoms with Crippen LogP contribution in [0.2, 0.25) is 0 Å². The molecule has 0 saturated carbocycles. The van der Waals surface area contributed by atoms with Crippen molar-refractivity contribution in [3.8, 4) is 27.8 Å². The van der Waals surface area contributed by atoms with Crippen LogP contribution in [-0.4, -0.2) is 52.3 Å². The zero-order valence-electron chi connectivity index (χ0n) is 17.8. The van der Waals surface area contributed by atoms with Gasteiger partial charge in [-0.15, -0.1) is 0 Å². The Hall–Kier alpha value is -3.32. The van der Waals surface area contributed by atoms with E-state index in [1.165, 1.54) is 11.3 Å². The van der Waals surface area contributed by atoms with Gasteiger partial charge < -0.3 is 14.7 Å². The van der Waals surface area contributed by atoms with Crippen LogP contribution < -0.4 is 5.32 Å². The van der Waals surface area contributed by atoms with Gasteiger partial charge in [0.05, 0.1) is 47.2 Å². The van der Waals surface area contributed by atoms with Gasteiger partial charge in [0.1, 0.15) is 0 Å². The first kappa shape index (κ1) is 21.9. The van der Waals surface area contributed by atoms with Crippen LogP contribution in [0, 0.1) is 18.3 Å². The number of benzene rings is 1. The number of aliphatic hydroxyl groups excluding tert-OH is 1. The molecule has 0 bridgehead atoms. The SMILES string of the molecule is Cc1cc(-c2sc(NC(=O)N3CCOCC3)nc2-c2cccc(C#N)c2)cc([C@H](C)O)n1. The van der Waals surface area contributed by atoms with E-state index < -0.39 is 6.10 Å². The van der Waals surface area contributed by atoms with Gasteiger partial charge in [-0.25, -0.2) is 9.78 Å². The molecule has 0 spiro atoms. The third-order valence-corrected chi connectivity index (χ3v) is 6.09. The molecule has 9 heteroatoms. The number of ether oxygens (including phenoxy) is 1. The third kappa shape index (κ3) is 4.78. The summed E-state index contributed by atoms with van der Waals surface area (Å²) < 4.78 is 5.32. The van der Waals surface area contributed by atoms with Crippen molar-refractivity contribution >= 4 is 22.5 Å². The summed E-state index contributed by atoms with van der Waals surface area (Å²) in [4.78, 5) is 24.3. The predicted octanol–water partition coefficient (Wildman–Crippen LogP) is 3.97. The Morgan fingerprint density at radius 2 is 2.03 bits per heavy atom. The fourth-order valence-electron chi connectivity index (χ4n) is 3.48. The maximum absolute atomic E-state index is 12.7. The number of morpholine rings is 1. The Bertz CT molecular complexity index is 1180. The van der Waals surface area contributed by atoms with Gasteiger partial charge in [0.25, 0.3) is 0 Å². The lowest BCUT2D eigenvalue weighted by molar-refractivity contribution is 0.0564. The van der Waals surface area contributed by atoms with Crippen molar-refractivity contribution < 1.29 is 14.6 Å². The van der Waals surface area contributed by atoms with E-state index >= 15 is 0 Å². The largest absolute Gasteiger partial charge is 0.387 e. The number of anilines is 1. The van der Waals surface area contributed by atoms with Gasteiger partial charge in [0.2, 0.25) is 0 Å². The van der Waals surface area contributed by atoms with E-state index in [9.17, 15) is 15.2 Å². The summed E-state index contributed by atoms with van der Waals surface area (Å²) in [6.07, 6.45) is -0.715. The van der Waals surface area contributed by atoms with Gasteiger partial charge in [-0.2, -0.15) is 5.26 Å². The highest BCUT2D eigenvalue weighted by Gasteiger charge is 2.21. The number of nitrogens with one attached hydrogen (secondary N) is 1. The Morgan fingerprint density at radius 1 is 1.25 bits per heavy atom. The first-order chi connectivity index (χ1) is 15.4. The molecule has 1 fully saturated rings. The molecule has 32 heavy (non-hydrogen) atoms. The number of pyridine rings is 1. The van der Waals surface area contributed by atoms with Crippen LogP contribution in [0.5, 0.6) is 0 Å². The van der Waals surface area contributed by atoms with Crippen LogP contribution in [0.4, 0.5) is 9.93 Å². The summed E-state index contributed by atoms with van der Waals surface area (Å²) in [5.74, 6) is 0. The number of nitriles is 1. The van der Waals surface area contributed by atoms with Crippen LogP contribution in [-0.2, 0) is 4.74 Å². The Morgan fingerprint density at radius 3 is 2.75 bits per heavy atom. The number of hydrogen-bond acceptors (Lipinski definition) is 7. The topological polar surface area (TPSA) is 111 Å². The van der Waals surface area contributed by atoms with Crippen molar-refractivity contribution in [3.63, 3.8) is 0 Å². The van der Waals surface area contributed by atoms with Crippen LogP contribution in [0.3, 0.4) is 0 Å². The van der Waals surface area contributed by atoms with E-state index in [4.69, 9.17) is 9.72 Å². The third-order valence-electron chi connectivity index (χ3n) is 5.07. The summed E-state index contributed by atoms with van der Waals surface area (Å²) in [6.45, 7) is 5.63. The highest BCUT2D eigenvalue weighted by molar-refractivity contribution is 7.19. The fraction of sp³-hybridized carbons (Fsp3) is 0.304. The zero-order chi connectivity index (χ0) is 22.7. The predicted molar refractivity (Wildman–Crippen MR) is 122 cm³/mol. The minimum absolute atomic E-state index is 0.221. The number of aryl methyl sites for hydroxylation is 1. The summed E-state index contributed by atoms with van der Waals surface area (Å²) in [5.41, 5.74) is 4.12. The van der Waals surface area contributed by atoms with Crippen molar-refractivity contribution in [2.75, 3.05) is 31.6 Å². The number of nitrogens with zero attached hydrogens (tertiary/aromatic N) is 4. The summed E-state index contributed by atoms with van der Waals surface area (Å²) in [7, 11) is 0. The fourth-order valence-corrected chi connectivity index (χ4v) is 4.44. The Balaban J connectivity index is 1.77. The Kier molecular flexibility index (Phi) is 6.46. The molecule has 8 nitrogen and oxygen atoms in total. The van der Waals surface area contributed by atoms with E-state index in [1.807, 2.05) is 31.2 Å². The molecule has 0 aliphatic carbocycles. The molecule has 3 heterocycles. The minimum Gasteiger partial charge on any atom is -0.387 e. The van der Waals surface area contributed by atoms with Crippen LogP contribution in [0.25, 0.3) is 21.7 Å². The van der Waals surface area contributed by atoms with Crippen molar-refractivity contribution in [2.24, 2.45) is 0 Å². The summed E-state index contributed by atoms with van der Waals surface area (Å²) >= 11 is 1.35. The molecule has 1 aliphatic heterocycles. The number of carbonyl (C=O) groups excluding carboxylic acids is 1. The van der Waals surface area contributed by atoms with Gasteiger partial charge >= 0.3 is 6.03 Å². The maximum atomic E-state index is 12.7. The lowest BCUT2D eigenvalue weighted by atomic mass is 10.0. The zero-order valence-corrected chi connectivity index (χ0v) is 18.6. The van der Waals surface area contributed by atoms with E-state index in [0.29, 0.717) is 48.4 Å². The summed E-state index contributed by atoms with van der Waals surface area (Å²) in [6, 6.07) is 12.9. The van der Waals surface area contributed by atoms with Gasteiger partial charge in [-0.1, -0.05) is 23.5 Å². The first-order valence-corrected chi connectivity index (χ1v) is 11.1. The van der Waals surface area contributed by atoms with Gasteiger partial charge in [0.15, 0.2) is 5.13 Å². The number of urea groups is 1. The highest BCUT2D eigenvalue weighted by Crippen LogP contribution is 2.40. The monoisotopic (exact) mass is 449 g/mol. The molecule has 2 N–H and O–H groups in total. The van der Waals surface area contributed by atoms with Gasteiger partial charge in [0, 0.05) is 24.3 Å². The molecule has 2 aromatic heterocycles. The number of aliphatic hydroxyl groups is 1. The molecule has 1 atom stereocenters. The lowest BCUT2D eigenvalue weighted by Gasteiger charge is -2.26. The van der Waals surface area contributed by atoms with E-state index in [-0.39, 0.29) is 6.03 Å². The van der Waals surface area contributed by atoms with Crippen molar-refractivity contribution in [3.05, 3.63) is 53.3 Å². The number of rotatable bonds is 4. The molecule has 0 unspecified atom stereocenters. The quantitative estimate of drug-likeness (QED) is 0.623. The van der Waals surface area contributed by atoms with Crippen molar-refractivity contribution in [1.29, 1.82) is 5.26 Å². The average molecular weight is 450 g/mol. The normalized spacial score (nSPS) is 14.6. The first-order valence-electron chi connectivity index (χ1n) is 10.3. The van der Waals surface area contributed by atoms with Crippen molar-refractivity contribution in [2.45, 2.75) is 20.0 Å². The molecule has 1 aromatic carbocycles. The molecule has 3 aromatic rings. The summed E-state index contributed by atoms with van der Waals surface area (Å²) in [5, 5.41) is 22.7. The van der Waals surface area contributed by atoms with Crippen LogP contribution in [0.1, 0.15) is 30.0 Å². The molecular formula is C23H23N5O3S. The van der Waals surface area contributed by atoms with Gasteiger partial charge in [-0.05, 0) is 43.7 Å². The van der Waals surface area contributed by atoms with E-state index in [1.54, 1.807) is 24.0 Å². The number of thiazole rings is 1. The second kappa shape index (κ2) is 9.44. The number of carbonyl (C=O) groups is 1. The van der Waals surface area contributed by atoms with Gasteiger partial charge in [-0.3, -0.25) is 10.3 Å². The average Bonchev–Trinajstić information content (AvgIpc) is 3.23. The second-order valence-electron chi connectivity index (χ2n) is 7.52. The van der Waals surface area contributed by atoms with E-state index in [2.05, 4.69) is 16.4 Å². The molecule has 2 amide bonds. The minimum atomic E-state index is -0.715. The number of amides is 2. The van der Waals surface area contributed by atoms with Crippen molar-refractivity contribution in [1.82, 2.24) is 14.9 Å². The smallest absolute Gasteiger partial charge is 0.323 e. The highest BCUT2D eigenvalue weighted by atomic mass is 32.1. The lowest BCUT2D eigenvalue weighted by Crippen LogP contribution is -2.43. The molecule has 0 radical (unpaired) electrons.